The van der Waals surface area contributed by atoms with Gasteiger partial charge in [0.15, 0.2) is 0 Å². The highest BCUT2D eigenvalue weighted by molar-refractivity contribution is 7.89. The first kappa shape index (κ1) is 20.6. The molecule has 0 spiro atoms. The molecule has 1 saturated heterocycles. The van der Waals surface area contributed by atoms with Gasteiger partial charge in [0.2, 0.25) is 10.0 Å². The quantitative estimate of drug-likeness (QED) is 0.797. The molecular formula is C19H20ClFN2O4S. The molecule has 1 heterocycles. The number of methoxy groups -OCH3 is 1. The van der Waals surface area contributed by atoms with Crippen LogP contribution in [0.1, 0.15) is 23.2 Å². The van der Waals surface area contributed by atoms with Crippen molar-refractivity contribution in [2.75, 3.05) is 20.2 Å². The minimum atomic E-state index is -3.68. The van der Waals surface area contributed by atoms with E-state index < -0.39 is 21.7 Å². The molecule has 0 aromatic heterocycles. The van der Waals surface area contributed by atoms with Crippen LogP contribution >= 0.6 is 11.6 Å². The fourth-order valence-corrected chi connectivity index (χ4v) is 4.65. The molecule has 3 rings (SSSR count). The summed E-state index contributed by atoms with van der Waals surface area (Å²) in [5.74, 6) is -0.586. The summed E-state index contributed by atoms with van der Waals surface area (Å²) in [6.07, 6.45) is 0.848. The lowest BCUT2D eigenvalue weighted by atomic mass is 10.0. The van der Waals surface area contributed by atoms with Crippen LogP contribution in [0.15, 0.2) is 47.4 Å². The van der Waals surface area contributed by atoms with Crippen molar-refractivity contribution >= 4 is 27.5 Å². The second-order valence-electron chi connectivity index (χ2n) is 6.46. The molecule has 0 saturated carbocycles. The van der Waals surface area contributed by atoms with Gasteiger partial charge < -0.3 is 9.64 Å². The number of likely N-dealkylation sites (tertiary alicyclic amines) is 1. The number of ether oxygens (including phenoxy) is 1. The van der Waals surface area contributed by atoms with Crippen molar-refractivity contribution in [2.24, 2.45) is 0 Å². The number of nitrogens with zero attached hydrogens (tertiary/aromatic N) is 1. The van der Waals surface area contributed by atoms with E-state index in [1.807, 2.05) is 0 Å². The number of carbonyl (C=O) groups is 1. The number of halogens is 2. The van der Waals surface area contributed by atoms with Crippen molar-refractivity contribution in [2.45, 2.75) is 23.8 Å². The molecule has 0 aliphatic carbocycles. The van der Waals surface area contributed by atoms with Gasteiger partial charge in [-0.15, -0.1) is 0 Å². The van der Waals surface area contributed by atoms with Crippen LogP contribution in [-0.4, -0.2) is 45.5 Å². The van der Waals surface area contributed by atoms with Gasteiger partial charge in [-0.1, -0.05) is 17.7 Å². The molecule has 0 unspecified atom stereocenters. The van der Waals surface area contributed by atoms with Gasteiger partial charge in [0.25, 0.3) is 5.91 Å². The third kappa shape index (κ3) is 4.45. The Bertz CT molecular complexity index is 938. The number of carbonyl (C=O) groups excluding carboxylic acids is 1. The van der Waals surface area contributed by atoms with Crippen LogP contribution in [0.4, 0.5) is 4.39 Å². The maximum Gasteiger partial charge on any atom is 0.258 e. The van der Waals surface area contributed by atoms with Crippen molar-refractivity contribution in [1.82, 2.24) is 9.62 Å². The number of amides is 1. The molecule has 150 valence electrons. The van der Waals surface area contributed by atoms with Gasteiger partial charge in [-0.3, -0.25) is 4.79 Å². The van der Waals surface area contributed by atoms with Gasteiger partial charge in [-0.05, 0) is 49.2 Å². The van der Waals surface area contributed by atoms with Crippen molar-refractivity contribution in [3.05, 3.63) is 58.9 Å². The van der Waals surface area contributed by atoms with Crippen LogP contribution in [0.25, 0.3) is 0 Å². The molecule has 2 aromatic rings. The fourth-order valence-electron chi connectivity index (χ4n) is 3.10. The number of sulfonamides is 1. The highest BCUT2D eigenvalue weighted by Crippen LogP contribution is 2.23. The average Bonchev–Trinajstić information content (AvgIpc) is 2.68. The summed E-state index contributed by atoms with van der Waals surface area (Å²) in [4.78, 5) is 14.2. The Morgan fingerprint density at radius 2 is 1.82 bits per heavy atom. The second kappa shape index (κ2) is 8.46. The third-order valence-corrected chi connectivity index (χ3v) is 6.50. The SMILES string of the molecule is COc1ccc(S(=O)(=O)NC2CCN(C(=O)c3c(F)cccc3Cl)CC2)cc1. The molecule has 1 aliphatic rings. The number of hydrogen-bond acceptors (Lipinski definition) is 4. The van der Waals surface area contributed by atoms with Crippen LogP contribution < -0.4 is 9.46 Å². The molecule has 0 bridgehead atoms. The Balaban J connectivity index is 1.62. The van der Waals surface area contributed by atoms with Crippen LogP contribution in [0.3, 0.4) is 0 Å². The minimum absolute atomic E-state index is 0.0623. The summed E-state index contributed by atoms with van der Waals surface area (Å²) in [7, 11) is -2.17. The van der Waals surface area contributed by atoms with Gasteiger partial charge in [-0.2, -0.15) is 0 Å². The Morgan fingerprint density at radius 1 is 1.18 bits per heavy atom. The molecule has 0 atom stereocenters. The molecule has 0 radical (unpaired) electrons. The van der Waals surface area contributed by atoms with Crippen molar-refractivity contribution in [3.63, 3.8) is 0 Å². The summed E-state index contributed by atoms with van der Waals surface area (Å²) >= 11 is 5.96. The molecule has 1 amide bonds. The molecular weight excluding hydrogens is 407 g/mol. The lowest BCUT2D eigenvalue weighted by molar-refractivity contribution is 0.0707. The molecule has 28 heavy (non-hydrogen) atoms. The predicted molar refractivity (Wildman–Crippen MR) is 104 cm³/mol. The van der Waals surface area contributed by atoms with Gasteiger partial charge in [0, 0.05) is 19.1 Å². The number of rotatable bonds is 5. The largest absolute Gasteiger partial charge is 0.497 e. The predicted octanol–water partition coefficient (Wildman–Crippen LogP) is 3.07. The zero-order chi connectivity index (χ0) is 20.3. The van der Waals surface area contributed by atoms with E-state index in [0.29, 0.717) is 31.7 Å². The highest BCUT2D eigenvalue weighted by atomic mass is 35.5. The maximum atomic E-state index is 14.0. The Hall–Kier alpha value is -2.16. The van der Waals surface area contributed by atoms with E-state index in [-0.39, 0.29) is 21.5 Å². The van der Waals surface area contributed by atoms with E-state index >= 15 is 0 Å². The Labute approximate surface area is 168 Å². The molecule has 1 N–H and O–H groups in total. The summed E-state index contributed by atoms with van der Waals surface area (Å²) in [5.41, 5.74) is -0.151. The van der Waals surface area contributed by atoms with E-state index in [0.717, 1.165) is 0 Å². The van der Waals surface area contributed by atoms with Crippen LogP contribution in [0.2, 0.25) is 5.02 Å². The Kier molecular flexibility index (Phi) is 6.22. The van der Waals surface area contributed by atoms with E-state index in [2.05, 4.69) is 4.72 Å². The minimum Gasteiger partial charge on any atom is -0.497 e. The van der Waals surface area contributed by atoms with E-state index in [1.54, 1.807) is 12.1 Å². The number of nitrogens with one attached hydrogen (secondary N) is 1. The molecule has 2 aromatic carbocycles. The van der Waals surface area contributed by atoms with E-state index in [1.165, 1.54) is 42.3 Å². The normalized spacial score (nSPS) is 15.5. The van der Waals surface area contributed by atoms with Gasteiger partial charge in [0.1, 0.15) is 11.6 Å². The number of hydrogen-bond donors (Lipinski definition) is 1. The van der Waals surface area contributed by atoms with E-state index in [9.17, 15) is 17.6 Å². The van der Waals surface area contributed by atoms with Crippen LogP contribution in [0, 0.1) is 5.82 Å². The second-order valence-corrected chi connectivity index (χ2v) is 8.58. The first-order chi connectivity index (χ1) is 13.3. The number of piperidine rings is 1. The van der Waals surface area contributed by atoms with Crippen molar-refractivity contribution in [3.8, 4) is 5.75 Å². The first-order valence-electron chi connectivity index (χ1n) is 8.71. The summed E-state index contributed by atoms with van der Waals surface area (Å²) < 4.78 is 46.7. The van der Waals surface area contributed by atoms with Gasteiger partial charge >= 0.3 is 0 Å². The van der Waals surface area contributed by atoms with Gasteiger partial charge in [-0.25, -0.2) is 17.5 Å². The van der Waals surface area contributed by atoms with E-state index in [4.69, 9.17) is 16.3 Å². The molecule has 1 aliphatic heterocycles. The topological polar surface area (TPSA) is 75.7 Å². The lowest BCUT2D eigenvalue weighted by Crippen LogP contribution is -2.46. The molecule has 9 heteroatoms. The molecule has 1 fully saturated rings. The third-order valence-electron chi connectivity index (χ3n) is 4.65. The highest BCUT2D eigenvalue weighted by Gasteiger charge is 2.29. The first-order valence-corrected chi connectivity index (χ1v) is 10.6. The Morgan fingerprint density at radius 3 is 2.39 bits per heavy atom. The van der Waals surface area contributed by atoms with Crippen molar-refractivity contribution < 1.29 is 22.3 Å². The van der Waals surface area contributed by atoms with Gasteiger partial charge in [0.05, 0.1) is 22.6 Å². The van der Waals surface area contributed by atoms with Crippen molar-refractivity contribution in [1.29, 1.82) is 0 Å². The number of benzene rings is 2. The molecule has 6 nitrogen and oxygen atoms in total. The zero-order valence-electron chi connectivity index (χ0n) is 15.2. The zero-order valence-corrected chi connectivity index (χ0v) is 16.8. The monoisotopic (exact) mass is 426 g/mol. The smallest absolute Gasteiger partial charge is 0.258 e. The van der Waals surface area contributed by atoms with Crippen LogP contribution in [0.5, 0.6) is 5.75 Å². The summed E-state index contributed by atoms with van der Waals surface area (Å²) in [6, 6.07) is 9.88. The average molecular weight is 427 g/mol. The maximum absolute atomic E-state index is 14.0. The summed E-state index contributed by atoms with van der Waals surface area (Å²) in [6.45, 7) is 0.610. The standard InChI is InChI=1S/C19H20ClFN2O4S/c1-27-14-5-7-15(8-6-14)28(25,26)22-13-9-11-23(12-10-13)19(24)18-16(20)3-2-4-17(18)21/h2-8,13,22H,9-12H2,1H3. The fraction of sp³-hybridized carbons (Fsp3) is 0.316. The lowest BCUT2D eigenvalue weighted by Gasteiger charge is -2.32. The van der Waals surface area contributed by atoms with Crippen LogP contribution in [-0.2, 0) is 10.0 Å². The summed E-state index contributed by atoms with van der Waals surface area (Å²) in [5, 5.41) is 0.0623.